The summed E-state index contributed by atoms with van der Waals surface area (Å²) in [6.07, 6.45) is 1.44. The Morgan fingerprint density at radius 1 is 1.00 bits per heavy atom. The standard InChI is InChI=1S/C22H21NO6/c24-18(16-6-7-19-20(12-16)28-10-9-27-19)14-29-22(26)17-4-1-3-15(11-17)13-23-8-2-5-21(23)25/h1,3-4,6-7,11-12H,2,5,8-10,13-14H2. The Bertz CT molecular complexity index is 954. The lowest BCUT2D eigenvalue weighted by Crippen LogP contribution is -2.24. The van der Waals surface area contributed by atoms with E-state index in [2.05, 4.69) is 0 Å². The summed E-state index contributed by atoms with van der Waals surface area (Å²) in [5, 5.41) is 0. The number of fused-ring (bicyclic) bond motifs is 1. The Balaban J connectivity index is 1.36. The van der Waals surface area contributed by atoms with Crippen LogP contribution < -0.4 is 9.47 Å². The number of nitrogens with zero attached hydrogens (tertiary/aromatic N) is 1. The molecule has 2 aliphatic heterocycles. The van der Waals surface area contributed by atoms with E-state index in [-0.39, 0.29) is 18.3 Å². The highest BCUT2D eigenvalue weighted by molar-refractivity contribution is 5.99. The first kappa shape index (κ1) is 19.0. The summed E-state index contributed by atoms with van der Waals surface area (Å²) in [4.78, 5) is 38.3. The maximum Gasteiger partial charge on any atom is 0.338 e. The number of carbonyl (C=O) groups excluding carboxylic acids is 3. The van der Waals surface area contributed by atoms with Crippen molar-refractivity contribution in [1.82, 2.24) is 4.90 Å². The third kappa shape index (κ3) is 4.39. The summed E-state index contributed by atoms with van der Waals surface area (Å²) < 4.78 is 16.1. The molecule has 0 unspecified atom stereocenters. The summed E-state index contributed by atoms with van der Waals surface area (Å²) in [7, 11) is 0. The van der Waals surface area contributed by atoms with E-state index in [9.17, 15) is 14.4 Å². The van der Waals surface area contributed by atoms with Gasteiger partial charge in [0.15, 0.2) is 23.9 Å². The lowest BCUT2D eigenvalue weighted by molar-refractivity contribution is -0.128. The molecule has 1 saturated heterocycles. The normalized spacial score (nSPS) is 15.3. The predicted octanol–water partition coefficient (Wildman–Crippen LogP) is 2.62. The van der Waals surface area contributed by atoms with Gasteiger partial charge >= 0.3 is 5.97 Å². The predicted molar refractivity (Wildman–Crippen MR) is 103 cm³/mol. The molecule has 2 heterocycles. The van der Waals surface area contributed by atoms with Gasteiger partial charge in [-0.2, -0.15) is 0 Å². The molecule has 0 aliphatic carbocycles. The molecule has 0 spiro atoms. The monoisotopic (exact) mass is 395 g/mol. The topological polar surface area (TPSA) is 82.1 Å². The molecule has 2 aliphatic rings. The lowest BCUT2D eigenvalue weighted by Gasteiger charge is -2.18. The summed E-state index contributed by atoms with van der Waals surface area (Å²) >= 11 is 0. The minimum absolute atomic E-state index is 0.128. The zero-order valence-electron chi connectivity index (χ0n) is 15.9. The third-order valence-electron chi connectivity index (χ3n) is 4.91. The molecule has 0 bridgehead atoms. The maximum atomic E-state index is 12.4. The first-order valence-electron chi connectivity index (χ1n) is 9.57. The molecule has 150 valence electrons. The Morgan fingerprint density at radius 3 is 2.62 bits per heavy atom. The van der Waals surface area contributed by atoms with Gasteiger partial charge in [-0.3, -0.25) is 9.59 Å². The van der Waals surface area contributed by atoms with Gasteiger partial charge in [0.1, 0.15) is 13.2 Å². The number of Topliss-reactive ketones (excluding diaryl/α,β-unsaturated/α-hetero) is 1. The summed E-state index contributed by atoms with van der Waals surface area (Å²) in [5.74, 6) is 0.332. The van der Waals surface area contributed by atoms with Gasteiger partial charge in [0.2, 0.25) is 5.91 Å². The number of rotatable bonds is 6. The molecule has 7 heteroatoms. The Labute approximate surface area is 168 Å². The van der Waals surface area contributed by atoms with Crippen LogP contribution >= 0.6 is 0 Å². The highest BCUT2D eigenvalue weighted by atomic mass is 16.6. The zero-order chi connectivity index (χ0) is 20.2. The molecule has 0 N–H and O–H groups in total. The second-order valence-electron chi connectivity index (χ2n) is 6.98. The van der Waals surface area contributed by atoms with Gasteiger partial charge < -0.3 is 19.1 Å². The van der Waals surface area contributed by atoms with Crippen molar-refractivity contribution in [2.24, 2.45) is 0 Å². The second-order valence-corrected chi connectivity index (χ2v) is 6.98. The fraction of sp³-hybridized carbons (Fsp3) is 0.318. The SMILES string of the molecule is O=C(COC(=O)c1cccc(CN2CCCC2=O)c1)c1ccc2c(c1)OCCO2. The molecule has 0 aromatic heterocycles. The van der Waals surface area contributed by atoms with E-state index in [0.29, 0.717) is 48.8 Å². The van der Waals surface area contributed by atoms with Crippen LogP contribution in [0.4, 0.5) is 0 Å². The molecule has 0 saturated carbocycles. The molecular formula is C22H21NO6. The van der Waals surface area contributed by atoms with E-state index >= 15 is 0 Å². The first-order chi connectivity index (χ1) is 14.1. The first-order valence-corrected chi connectivity index (χ1v) is 9.57. The minimum atomic E-state index is -0.578. The van der Waals surface area contributed by atoms with Crippen LogP contribution in [0.15, 0.2) is 42.5 Å². The number of esters is 1. The fourth-order valence-corrected chi connectivity index (χ4v) is 3.40. The van der Waals surface area contributed by atoms with E-state index in [1.54, 1.807) is 41.3 Å². The number of hydrogen-bond acceptors (Lipinski definition) is 6. The van der Waals surface area contributed by atoms with E-state index < -0.39 is 5.97 Å². The average Bonchev–Trinajstić information content (AvgIpc) is 3.16. The largest absolute Gasteiger partial charge is 0.486 e. The van der Waals surface area contributed by atoms with E-state index in [4.69, 9.17) is 14.2 Å². The highest BCUT2D eigenvalue weighted by Crippen LogP contribution is 2.30. The Morgan fingerprint density at radius 2 is 1.83 bits per heavy atom. The van der Waals surface area contributed by atoms with Crippen LogP contribution in [0.2, 0.25) is 0 Å². The van der Waals surface area contributed by atoms with Crippen LogP contribution in [0.5, 0.6) is 11.5 Å². The van der Waals surface area contributed by atoms with Crippen molar-refractivity contribution in [3.8, 4) is 11.5 Å². The summed E-state index contributed by atoms with van der Waals surface area (Å²) in [5.41, 5.74) is 1.60. The van der Waals surface area contributed by atoms with Crippen LogP contribution in [0.25, 0.3) is 0 Å². The third-order valence-corrected chi connectivity index (χ3v) is 4.91. The highest BCUT2D eigenvalue weighted by Gasteiger charge is 2.21. The quantitative estimate of drug-likeness (QED) is 0.552. The Kier molecular flexibility index (Phi) is 5.46. The smallest absolute Gasteiger partial charge is 0.338 e. The van der Waals surface area contributed by atoms with Gasteiger partial charge in [-0.1, -0.05) is 12.1 Å². The minimum Gasteiger partial charge on any atom is -0.486 e. The molecule has 29 heavy (non-hydrogen) atoms. The molecule has 1 amide bonds. The van der Waals surface area contributed by atoms with Crippen molar-refractivity contribution in [3.05, 3.63) is 59.2 Å². The summed E-state index contributed by atoms with van der Waals surface area (Å²) in [6.45, 7) is 1.74. The van der Waals surface area contributed by atoms with Crippen molar-refractivity contribution >= 4 is 17.7 Å². The van der Waals surface area contributed by atoms with Gasteiger partial charge in [-0.05, 0) is 42.3 Å². The number of amides is 1. The number of carbonyl (C=O) groups is 3. The van der Waals surface area contributed by atoms with Gasteiger partial charge in [-0.25, -0.2) is 4.79 Å². The molecule has 0 radical (unpaired) electrons. The molecule has 1 fully saturated rings. The maximum absolute atomic E-state index is 12.4. The van der Waals surface area contributed by atoms with E-state index in [1.807, 2.05) is 6.07 Å². The number of hydrogen-bond donors (Lipinski definition) is 0. The average molecular weight is 395 g/mol. The van der Waals surface area contributed by atoms with Crippen molar-refractivity contribution in [2.75, 3.05) is 26.4 Å². The fourth-order valence-electron chi connectivity index (χ4n) is 3.40. The summed E-state index contributed by atoms with van der Waals surface area (Å²) in [6, 6.07) is 11.8. The van der Waals surface area contributed by atoms with Crippen molar-refractivity contribution in [2.45, 2.75) is 19.4 Å². The second kappa shape index (κ2) is 8.34. The Hall–Kier alpha value is -3.35. The molecule has 2 aromatic carbocycles. The zero-order valence-corrected chi connectivity index (χ0v) is 15.9. The van der Waals surface area contributed by atoms with Gasteiger partial charge in [-0.15, -0.1) is 0 Å². The van der Waals surface area contributed by atoms with Gasteiger partial charge in [0.25, 0.3) is 0 Å². The molecule has 4 rings (SSSR count). The van der Waals surface area contributed by atoms with Gasteiger partial charge in [0, 0.05) is 25.1 Å². The number of ketones is 1. The van der Waals surface area contributed by atoms with Crippen LogP contribution in [0, 0.1) is 0 Å². The van der Waals surface area contributed by atoms with Crippen LogP contribution in [-0.2, 0) is 16.1 Å². The van der Waals surface area contributed by atoms with Crippen molar-refractivity contribution in [3.63, 3.8) is 0 Å². The van der Waals surface area contributed by atoms with Crippen LogP contribution in [0.3, 0.4) is 0 Å². The van der Waals surface area contributed by atoms with Crippen molar-refractivity contribution < 1.29 is 28.6 Å². The number of ether oxygens (including phenoxy) is 3. The van der Waals surface area contributed by atoms with Gasteiger partial charge in [0.05, 0.1) is 5.56 Å². The van der Waals surface area contributed by atoms with E-state index in [1.165, 1.54) is 0 Å². The lowest BCUT2D eigenvalue weighted by atomic mass is 10.1. The number of benzene rings is 2. The number of likely N-dealkylation sites (tertiary alicyclic amines) is 1. The van der Waals surface area contributed by atoms with E-state index in [0.717, 1.165) is 18.5 Å². The van der Waals surface area contributed by atoms with Crippen molar-refractivity contribution in [1.29, 1.82) is 0 Å². The van der Waals surface area contributed by atoms with Crippen LogP contribution in [0.1, 0.15) is 39.1 Å². The molecule has 0 atom stereocenters. The molecular weight excluding hydrogens is 374 g/mol. The molecule has 7 nitrogen and oxygen atoms in total. The molecule has 2 aromatic rings. The van der Waals surface area contributed by atoms with Crippen LogP contribution in [-0.4, -0.2) is 48.9 Å².